The Morgan fingerprint density at radius 1 is 1.21 bits per heavy atom. The van der Waals surface area contributed by atoms with Crippen molar-refractivity contribution in [3.05, 3.63) is 29.8 Å². The van der Waals surface area contributed by atoms with E-state index in [0.29, 0.717) is 13.2 Å². The SMILES string of the molecule is CCN(CC)C(=O)NCCCOc1ccc(C)cc1. The molecule has 1 aromatic carbocycles. The zero-order chi connectivity index (χ0) is 14.1. The van der Waals surface area contributed by atoms with Crippen LogP contribution in [0.1, 0.15) is 25.8 Å². The van der Waals surface area contributed by atoms with Crippen molar-refractivity contribution < 1.29 is 9.53 Å². The van der Waals surface area contributed by atoms with Crippen molar-refractivity contribution >= 4 is 6.03 Å². The summed E-state index contributed by atoms with van der Waals surface area (Å²) in [7, 11) is 0. The molecular weight excluding hydrogens is 240 g/mol. The quantitative estimate of drug-likeness (QED) is 0.769. The summed E-state index contributed by atoms with van der Waals surface area (Å²) in [4.78, 5) is 13.4. The largest absolute Gasteiger partial charge is 0.494 e. The molecule has 0 fully saturated rings. The van der Waals surface area contributed by atoms with Crippen LogP contribution >= 0.6 is 0 Å². The average Bonchev–Trinajstić information content (AvgIpc) is 2.42. The van der Waals surface area contributed by atoms with Gasteiger partial charge in [-0.1, -0.05) is 17.7 Å². The Kier molecular flexibility index (Phi) is 6.79. The Labute approximate surface area is 115 Å². The van der Waals surface area contributed by atoms with E-state index in [-0.39, 0.29) is 6.03 Å². The molecule has 19 heavy (non-hydrogen) atoms. The maximum absolute atomic E-state index is 11.6. The number of hydrogen-bond donors (Lipinski definition) is 1. The van der Waals surface area contributed by atoms with Crippen LogP contribution in [0.25, 0.3) is 0 Å². The molecule has 106 valence electrons. The second-order valence-corrected chi connectivity index (χ2v) is 4.42. The van der Waals surface area contributed by atoms with E-state index in [1.165, 1.54) is 5.56 Å². The highest BCUT2D eigenvalue weighted by Gasteiger charge is 2.07. The number of benzene rings is 1. The highest BCUT2D eigenvalue weighted by atomic mass is 16.5. The monoisotopic (exact) mass is 264 g/mol. The zero-order valence-corrected chi connectivity index (χ0v) is 12.1. The van der Waals surface area contributed by atoms with Gasteiger partial charge in [-0.25, -0.2) is 4.79 Å². The molecule has 0 saturated carbocycles. The van der Waals surface area contributed by atoms with Gasteiger partial charge in [0, 0.05) is 19.6 Å². The van der Waals surface area contributed by atoms with Crippen LogP contribution in [0.15, 0.2) is 24.3 Å². The summed E-state index contributed by atoms with van der Waals surface area (Å²) in [6.07, 6.45) is 0.806. The molecule has 2 amide bonds. The second kappa shape index (κ2) is 8.40. The summed E-state index contributed by atoms with van der Waals surface area (Å²) in [6, 6.07) is 7.98. The van der Waals surface area contributed by atoms with Gasteiger partial charge >= 0.3 is 6.03 Å². The Morgan fingerprint density at radius 3 is 2.42 bits per heavy atom. The Morgan fingerprint density at radius 2 is 1.84 bits per heavy atom. The lowest BCUT2D eigenvalue weighted by molar-refractivity contribution is 0.202. The number of rotatable bonds is 7. The maximum atomic E-state index is 11.6. The minimum atomic E-state index is 0.000311. The molecule has 0 heterocycles. The van der Waals surface area contributed by atoms with Crippen molar-refractivity contribution in [3.63, 3.8) is 0 Å². The number of hydrogen-bond acceptors (Lipinski definition) is 2. The zero-order valence-electron chi connectivity index (χ0n) is 12.1. The van der Waals surface area contributed by atoms with Crippen molar-refractivity contribution in [2.45, 2.75) is 27.2 Å². The van der Waals surface area contributed by atoms with Gasteiger partial charge in [-0.3, -0.25) is 0 Å². The highest BCUT2D eigenvalue weighted by Crippen LogP contribution is 2.11. The van der Waals surface area contributed by atoms with Crippen LogP contribution in [-0.2, 0) is 0 Å². The molecule has 0 bridgehead atoms. The molecule has 4 nitrogen and oxygen atoms in total. The average molecular weight is 264 g/mol. The predicted molar refractivity (Wildman–Crippen MR) is 77.6 cm³/mol. The molecule has 1 rings (SSSR count). The van der Waals surface area contributed by atoms with Crippen LogP contribution in [0.5, 0.6) is 5.75 Å². The number of aryl methyl sites for hydroxylation is 1. The van der Waals surface area contributed by atoms with E-state index in [2.05, 4.69) is 5.32 Å². The van der Waals surface area contributed by atoms with Crippen molar-refractivity contribution in [1.29, 1.82) is 0 Å². The van der Waals surface area contributed by atoms with Crippen LogP contribution < -0.4 is 10.1 Å². The molecule has 0 saturated heterocycles. The normalized spacial score (nSPS) is 10.1. The van der Waals surface area contributed by atoms with Gasteiger partial charge in [-0.15, -0.1) is 0 Å². The number of amides is 2. The van der Waals surface area contributed by atoms with E-state index in [0.717, 1.165) is 25.3 Å². The third-order valence-corrected chi connectivity index (χ3v) is 2.94. The summed E-state index contributed by atoms with van der Waals surface area (Å²) in [5.74, 6) is 0.876. The first-order valence-electron chi connectivity index (χ1n) is 6.89. The topological polar surface area (TPSA) is 41.6 Å². The minimum Gasteiger partial charge on any atom is -0.494 e. The molecular formula is C15H24N2O2. The van der Waals surface area contributed by atoms with Gasteiger partial charge in [0.1, 0.15) is 5.75 Å². The fourth-order valence-corrected chi connectivity index (χ4v) is 1.71. The fourth-order valence-electron chi connectivity index (χ4n) is 1.71. The molecule has 0 aliphatic heterocycles. The molecule has 0 radical (unpaired) electrons. The van der Waals surface area contributed by atoms with Crippen molar-refractivity contribution in [2.75, 3.05) is 26.2 Å². The van der Waals surface area contributed by atoms with Gasteiger partial charge in [0.25, 0.3) is 0 Å². The standard InChI is InChI=1S/C15H24N2O2/c1-4-17(5-2)15(18)16-11-6-12-19-14-9-7-13(3)8-10-14/h7-10H,4-6,11-12H2,1-3H3,(H,16,18). The number of urea groups is 1. The lowest BCUT2D eigenvalue weighted by Gasteiger charge is -2.19. The van der Waals surface area contributed by atoms with E-state index < -0.39 is 0 Å². The minimum absolute atomic E-state index is 0.000311. The number of nitrogens with zero attached hydrogens (tertiary/aromatic N) is 1. The summed E-state index contributed by atoms with van der Waals surface area (Å²) in [6.45, 7) is 8.73. The van der Waals surface area contributed by atoms with E-state index in [1.807, 2.05) is 45.0 Å². The first kappa shape index (κ1) is 15.3. The van der Waals surface area contributed by atoms with E-state index >= 15 is 0 Å². The first-order valence-corrected chi connectivity index (χ1v) is 6.89. The molecule has 0 atom stereocenters. The third-order valence-electron chi connectivity index (χ3n) is 2.94. The number of carbonyl (C=O) groups excluding carboxylic acids is 1. The molecule has 0 aliphatic carbocycles. The Balaban J connectivity index is 2.14. The van der Waals surface area contributed by atoms with Crippen molar-refractivity contribution in [3.8, 4) is 5.75 Å². The number of ether oxygens (including phenoxy) is 1. The summed E-state index contributed by atoms with van der Waals surface area (Å²) in [5.41, 5.74) is 1.22. The molecule has 0 spiro atoms. The second-order valence-electron chi connectivity index (χ2n) is 4.42. The highest BCUT2D eigenvalue weighted by molar-refractivity contribution is 5.73. The molecule has 0 unspecified atom stereocenters. The van der Waals surface area contributed by atoms with Crippen LogP contribution in [0.4, 0.5) is 4.79 Å². The number of carbonyl (C=O) groups is 1. The lowest BCUT2D eigenvalue weighted by atomic mass is 10.2. The van der Waals surface area contributed by atoms with Crippen LogP contribution in [0.2, 0.25) is 0 Å². The van der Waals surface area contributed by atoms with Gasteiger partial charge in [-0.2, -0.15) is 0 Å². The van der Waals surface area contributed by atoms with Crippen molar-refractivity contribution in [1.82, 2.24) is 10.2 Å². The lowest BCUT2D eigenvalue weighted by Crippen LogP contribution is -2.40. The predicted octanol–water partition coefficient (Wildman–Crippen LogP) is 2.82. The van der Waals surface area contributed by atoms with Crippen molar-refractivity contribution in [2.24, 2.45) is 0 Å². The fraction of sp³-hybridized carbons (Fsp3) is 0.533. The molecule has 0 aliphatic rings. The van der Waals surface area contributed by atoms with Gasteiger partial charge in [0.15, 0.2) is 0 Å². The smallest absolute Gasteiger partial charge is 0.317 e. The van der Waals surface area contributed by atoms with Gasteiger partial charge in [-0.05, 0) is 39.3 Å². The number of nitrogens with one attached hydrogen (secondary N) is 1. The van der Waals surface area contributed by atoms with Gasteiger partial charge in [0.05, 0.1) is 6.61 Å². The first-order chi connectivity index (χ1) is 9.17. The van der Waals surface area contributed by atoms with Gasteiger partial charge < -0.3 is 15.0 Å². The van der Waals surface area contributed by atoms with Gasteiger partial charge in [0.2, 0.25) is 0 Å². The molecule has 0 aromatic heterocycles. The van der Waals surface area contributed by atoms with Crippen LogP contribution in [0.3, 0.4) is 0 Å². The Hall–Kier alpha value is -1.71. The maximum Gasteiger partial charge on any atom is 0.317 e. The van der Waals surface area contributed by atoms with E-state index in [4.69, 9.17) is 4.74 Å². The summed E-state index contributed by atoms with van der Waals surface area (Å²) >= 11 is 0. The third kappa shape index (κ3) is 5.64. The Bertz CT molecular complexity index is 372. The molecule has 1 aromatic rings. The van der Waals surface area contributed by atoms with Crippen LogP contribution in [-0.4, -0.2) is 37.2 Å². The van der Waals surface area contributed by atoms with E-state index in [1.54, 1.807) is 4.90 Å². The van der Waals surface area contributed by atoms with Crippen LogP contribution in [0, 0.1) is 6.92 Å². The molecule has 1 N–H and O–H groups in total. The molecule has 4 heteroatoms. The summed E-state index contributed by atoms with van der Waals surface area (Å²) in [5, 5.41) is 2.89. The van der Waals surface area contributed by atoms with E-state index in [9.17, 15) is 4.79 Å². The summed E-state index contributed by atoms with van der Waals surface area (Å²) < 4.78 is 5.59.